The van der Waals surface area contributed by atoms with Gasteiger partial charge in [0, 0.05) is 146 Å². The van der Waals surface area contributed by atoms with Gasteiger partial charge in [-0.15, -0.1) is 0 Å². The summed E-state index contributed by atoms with van der Waals surface area (Å²) >= 11 is 0. The van der Waals surface area contributed by atoms with Crippen molar-refractivity contribution in [1.82, 2.24) is 82.8 Å². The van der Waals surface area contributed by atoms with Gasteiger partial charge in [-0.2, -0.15) is 20.4 Å². The van der Waals surface area contributed by atoms with E-state index in [-0.39, 0.29) is 95.9 Å². The molecule has 4 atom stereocenters. The Bertz CT molecular complexity index is 4250. The van der Waals surface area contributed by atoms with Gasteiger partial charge in [-0.1, -0.05) is 55.4 Å². The first-order valence-electron chi connectivity index (χ1n) is 37.8. The van der Waals surface area contributed by atoms with Crippen molar-refractivity contribution in [3.8, 4) is 46.0 Å². The Kier molecular flexibility index (Phi) is 29.0. The number of carbonyl (C=O) groups is 8. The number of rotatable bonds is 32. The predicted octanol–water partition coefficient (Wildman–Crippen LogP) is 6.04. The third-order valence-electron chi connectivity index (χ3n) is 19.4. The Hall–Kier alpha value is -13.4. The Labute approximate surface area is 667 Å². The van der Waals surface area contributed by atoms with Crippen LogP contribution in [0.15, 0.2) is 94.8 Å². The van der Waals surface area contributed by atoms with Crippen LogP contribution in [0.3, 0.4) is 0 Å². The first-order chi connectivity index (χ1) is 55.1. The molecule has 0 aliphatic heterocycles. The van der Waals surface area contributed by atoms with Crippen LogP contribution in [-0.2, 0) is 64.0 Å². The molecule has 36 nitrogen and oxygen atoms in total. The van der Waals surface area contributed by atoms with Crippen LogP contribution in [0.1, 0.15) is 222 Å². The van der Waals surface area contributed by atoms with Crippen molar-refractivity contribution >= 4 is 72.1 Å². The van der Waals surface area contributed by atoms with E-state index < -0.39 is 187 Å². The van der Waals surface area contributed by atoms with Gasteiger partial charge in [0.1, 0.15) is 70.2 Å². The number of aromatic nitrogens is 8. The predicted molar refractivity (Wildman–Crippen MR) is 427 cm³/mol. The van der Waals surface area contributed by atoms with E-state index in [9.17, 15) is 79.2 Å². The molecule has 9 rings (SSSR count). The number of amides is 8. The standard InChI is InChI=1S/C80H100N20O16/c1-37(2)13-49-53-21-55(71(107)61(69(53)105)29-89-97-77(113)65(93-41(9)101)17-45-25-81-33-85-45)50(14-38(3)4)57-23-59(75(111)63(73(57)109)31-91-99-79(115)67(95-43(11)103)19-47-27-83-35-87-47)52(16-40(7)8)60-24-58(74(110)64(76(60)112)32-92-100-80(116)68(96-44(12)104)20-48-28-84-36-88-48)51(15-39(5)6)56-22-54(49)70(106)62(72(56)108)30-90-98-78(114)66(94-42(10)102)18-46-26-82-34-86-46/h21-40,49-52,65-68,105-112H,13-20H2,1-12H3,(H,81,85)(H,82,86)(H,83,87)(H,84,88)(H,93,101)(H,94,102)(H,95,103)(H,96,104)(H,97,113)(H,98,114)(H,99,115)(H,100,116)/b89-29+,90-30+,91-31+,92-32+/t49?,50?,51?,52?,65-,66-,67-,68-/m0/s1. The molecule has 116 heavy (non-hydrogen) atoms. The highest BCUT2D eigenvalue weighted by molar-refractivity contribution is 5.97. The van der Waals surface area contributed by atoms with Crippen LogP contribution < -0.4 is 43.0 Å². The topological polar surface area (TPSA) is 559 Å². The molecule has 0 saturated carbocycles. The number of aromatic hydroxyl groups is 8. The summed E-state index contributed by atoms with van der Waals surface area (Å²) in [7, 11) is 0. The van der Waals surface area contributed by atoms with E-state index in [1.165, 1.54) is 102 Å². The Morgan fingerprint density at radius 1 is 0.328 bits per heavy atom. The first kappa shape index (κ1) is 86.5. The third kappa shape index (κ3) is 21.7. The van der Waals surface area contributed by atoms with E-state index in [1.807, 2.05) is 55.4 Å². The monoisotopic (exact) mass is 1600 g/mol. The van der Waals surface area contributed by atoms with Crippen molar-refractivity contribution in [1.29, 1.82) is 0 Å². The molecule has 1 aliphatic carbocycles. The number of carbonyl (C=O) groups excluding carboxylic acids is 8. The van der Waals surface area contributed by atoms with E-state index in [0.717, 1.165) is 24.9 Å². The van der Waals surface area contributed by atoms with Gasteiger partial charge in [-0.05, 0) is 73.6 Å². The van der Waals surface area contributed by atoms with Crippen LogP contribution in [0.25, 0.3) is 0 Å². The molecule has 0 spiro atoms. The minimum atomic E-state index is -1.29. The lowest BCUT2D eigenvalue weighted by Gasteiger charge is -2.32. The number of phenols is 8. The lowest BCUT2D eigenvalue weighted by Crippen LogP contribution is -2.46. The van der Waals surface area contributed by atoms with Gasteiger partial charge in [0.2, 0.25) is 23.6 Å². The van der Waals surface area contributed by atoms with Gasteiger partial charge < -0.3 is 82.1 Å². The lowest BCUT2D eigenvalue weighted by atomic mass is 9.73. The number of H-pyrrole nitrogens is 4. The Morgan fingerprint density at radius 2 is 0.500 bits per heavy atom. The van der Waals surface area contributed by atoms with E-state index in [4.69, 9.17) is 0 Å². The largest absolute Gasteiger partial charge is 0.507 e. The number of benzene rings is 4. The summed E-state index contributed by atoms with van der Waals surface area (Å²) in [4.78, 5) is 135. The molecular formula is C80H100N20O16. The summed E-state index contributed by atoms with van der Waals surface area (Å²) in [6, 6.07) is 0.780. The zero-order valence-corrected chi connectivity index (χ0v) is 66.2. The van der Waals surface area contributed by atoms with Crippen LogP contribution >= 0.6 is 0 Å². The van der Waals surface area contributed by atoms with E-state index >= 15 is 0 Å². The zero-order chi connectivity index (χ0) is 84.5. The molecule has 0 radical (unpaired) electrons. The number of hydrogen-bond donors (Lipinski definition) is 20. The SMILES string of the molecule is CC(=O)N[C@@H](Cc1c[nH]cn1)C(=O)N/N=C/c1c(O)c2cc(c1O)C(CC(C)C)c1cc(c(O)c(/C=N/NC(=O)[C@H](Cc3c[nH]cn3)NC(C)=O)c1O)C(CC(C)C)c1cc(c(O)c(/C=N/NC(=O)[C@H](Cc3c[nH]cn3)NC(C)=O)c1O)C(CC(C)C)c1cc(c(O)c(/C=N/NC(=O)[C@H](Cc3c[nH]cn3)NC(C)=O)c1O)C2CC(C)C. The van der Waals surface area contributed by atoms with Crippen molar-refractivity contribution in [3.63, 3.8) is 0 Å². The summed E-state index contributed by atoms with van der Waals surface area (Å²) in [5.41, 5.74) is 8.99. The highest BCUT2D eigenvalue weighted by Crippen LogP contribution is 2.56. The minimum Gasteiger partial charge on any atom is -0.507 e. The normalized spacial score (nSPS) is 15.9. The summed E-state index contributed by atoms with van der Waals surface area (Å²) in [6.45, 7) is 19.5. The average Bonchev–Trinajstić information content (AvgIpc) is 0.927. The number of phenolic OH excluding ortho intramolecular Hbond substituents is 8. The van der Waals surface area contributed by atoms with E-state index in [1.54, 1.807) is 0 Å². The summed E-state index contributed by atoms with van der Waals surface area (Å²) in [6.07, 6.45) is 15.0. The number of fused-ring (bicyclic) bond motifs is 8. The molecule has 4 aromatic carbocycles. The molecule has 616 valence electrons. The van der Waals surface area contributed by atoms with Crippen molar-refractivity contribution in [2.45, 2.75) is 182 Å². The minimum absolute atomic E-state index is 0.00912. The maximum absolute atomic E-state index is 14.2. The maximum Gasteiger partial charge on any atom is 0.263 e. The van der Waals surface area contributed by atoms with Crippen molar-refractivity contribution in [2.75, 3.05) is 0 Å². The molecule has 1 aliphatic rings. The van der Waals surface area contributed by atoms with Gasteiger partial charge >= 0.3 is 0 Å². The van der Waals surface area contributed by atoms with Gasteiger partial charge in [-0.3, -0.25) is 38.4 Å². The van der Waals surface area contributed by atoms with Crippen LogP contribution in [0.2, 0.25) is 0 Å². The van der Waals surface area contributed by atoms with Crippen molar-refractivity contribution in [3.05, 3.63) is 164 Å². The molecule has 8 amide bonds. The quantitative estimate of drug-likeness (QED) is 0.0169. The summed E-state index contributed by atoms with van der Waals surface area (Å²) < 4.78 is 0. The average molecular weight is 1600 g/mol. The fourth-order valence-corrected chi connectivity index (χ4v) is 14.3. The number of hydrazone groups is 4. The summed E-state index contributed by atoms with van der Waals surface area (Å²) in [5.74, 6) is -17.9. The molecule has 36 heteroatoms. The molecule has 8 bridgehead atoms. The molecule has 20 N–H and O–H groups in total. The van der Waals surface area contributed by atoms with Gasteiger partial charge in [-0.25, -0.2) is 41.6 Å². The van der Waals surface area contributed by atoms with Gasteiger partial charge in [0.05, 0.1) is 95.2 Å². The number of nitrogens with zero attached hydrogens (tertiary/aromatic N) is 8. The van der Waals surface area contributed by atoms with Crippen LogP contribution in [0.4, 0.5) is 0 Å². The highest BCUT2D eigenvalue weighted by atomic mass is 16.3. The zero-order valence-electron chi connectivity index (χ0n) is 66.2. The van der Waals surface area contributed by atoms with Crippen LogP contribution in [0, 0.1) is 23.7 Å². The second-order valence-corrected chi connectivity index (χ2v) is 30.4. The van der Waals surface area contributed by atoms with Crippen molar-refractivity contribution in [2.24, 2.45) is 44.1 Å². The Morgan fingerprint density at radius 3 is 0.638 bits per heavy atom. The molecule has 4 heterocycles. The molecule has 0 saturated heterocycles. The number of nitrogens with one attached hydrogen (secondary N) is 12. The second-order valence-electron chi connectivity index (χ2n) is 30.4. The molecule has 0 unspecified atom stereocenters. The van der Waals surface area contributed by atoms with Crippen LogP contribution in [0.5, 0.6) is 46.0 Å². The van der Waals surface area contributed by atoms with Gasteiger partial charge in [0.25, 0.3) is 23.6 Å². The summed E-state index contributed by atoms with van der Waals surface area (Å²) in [5, 5.41) is 134. The van der Waals surface area contributed by atoms with Gasteiger partial charge in [0.15, 0.2) is 0 Å². The number of aromatic amines is 4. The number of hydrogen-bond acceptors (Lipinski definition) is 24. The Balaban J connectivity index is 1.41. The molecular weight excluding hydrogens is 1500 g/mol. The fraction of sp³-hybridized carbons (Fsp3) is 0.400. The second kappa shape index (κ2) is 38.9. The van der Waals surface area contributed by atoms with Crippen molar-refractivity contribution < 1.29 is 79.2 Å². The van der Waals surface area contributed by atoms with E-state index in [0.29, 0.717) is 22.8 Å². The van der Waals surface area contributed by atoms with Crippen LogP contribution in [-0.4, -0.2) is 177 Å². The molecule has 0 fully saturated rings. The number of imidazole rings is 4. The lowest BCUT2D eigenvalue weighted by molar-refractivity contribution is -0.128. The fourth-order valence-electron chi connectivity index (χ4n) is 14.3. The molecule has 8 aromatic rings. The molecule has 4 aromatic heterocycles. The van der Waals surface area contributed by atoms with E-state index in [2.05, 4.69) is 103 Å². The smallest absolute Gasteiger partial charge is 0.263 e. The first-order valence-corrected chi connectivity index (χ1v) is 37.8. The maximum atomic E-state index is 14.2. The highest BCUT2D eigenvalue weighted by Gasteiger charge is 2.39. The third-order valence-corrected chi connectivity index (χ3v) is 19.4.